The zero-order chi connectivity index (χ0) is 18.4. The van der Waals surface area contributed by atoms with Gasteiger partial charge in [0.15, 0.2) is 0 Å². The fraction of sp³-hybridized carbons (Fsp3) is 0.476. The minimum Gasteiger partial charge on any atom is -0.464 e. The van der Waals surface area contributed by atoms with Gasteiger partial charge in [0.2, 0.25) is 5.91 Å². The first-order valence-corrected chi connectivity index (χ1v) is 9.27. The van der Waals surface area contributed by atoms with E-state index in [0.717, 1.165) is 44.1 Å². The van der Waals surface area contributed by atoms with E-state index in [4.69, 9.17) is 9.15 Å². The predicted molar refractivity (Wildman–Crippen MR) is 101 cm³/mol. The topological polar surface area (TPSA) is 45.9 Å². The van der Waals surface area contributed by atoms with Crippen molar-refractivity contribution in [2.75, 3.05) is 26.7 Å². The van der Waals surface area contributed by atoms with Crippen molar-refractivity contribution in [1.29, 1.82) is 0 Å². The van der Waals surface area contributed by atoms with Gasteiger partial charge in [-0.1, -0.05) is 30.3 Å². The molecule has 1 unspecified atom stereocenters. The van der Waals surface area contributed by atoms with E-state index in [9.17, 15) is 4.79 Å². The molecule has 0 saturated carbocycles. The summed E-state index contributed by atoms with van der Waals surface area (Å²) >= 11 is 0. The molecule has 1 aliphatic rings. The van der Waals surface area contributed by atoms with Crippen molar-refractivity contribution in [3.63, 3.8) is 0 Å². The van der Waals surface area contributed by atoms with E-state index in [2.05, 4.69) is 17.0 Å². The molecule has 1 atom stereocenters. The monoisotopic (exact) mass is 356 g/mol. The number of carbonyl (C=O) groups is 1. The lowest BCUT2D eigenvalue weighted by atomic mass is 10.2. The highest BCUT2D eigenvalue weighted by Crippen LogP contribution is 2.16. The summed E-state index contributed by atoms with van der Waals surface area (Å²) in [5.41, 5.74) is 1.21. The van der Waals surface area contributed by atoms with Gasteiger partial charge in [0.1, 0.15) is 11.5 Å². The number of hydrogen-bond acceptors (Lipinski definition) is 4. The second kappa shape index (κ2) is 9.01. The standard InChI is InChI=1S/C21H28N2O3/c1-17-10-11-20(26-17)14-22(2)21(24)16-23(15-19-9-6-12-25-19)13-18-7-4-3-5-8-18/h3-5,7-8,10-11,19H,6,9,12-16H2,1-2H3. The molecule has 0 spiro atoms. The summed E-state index contributed by atoms with van der Waals surface area (Å²) in [5, 5.41) is 0. The molecule has 1 aliphatic heterocycles. The average Bonchev–Trinajstić information content (AvgIpc) is 3.27. The number of ether oxygens (including phenoxy) is 1. The molecule has 26 heavy (non-hydrogen) atoms. The highest BCUT2D eigenvalue weighted by molar-refractivity contribution is 5.77. The Labute approximate surface area is 155 Å². The fourth-order valence-corrected chi connectivity index (χ4v) is 3.31. The number of aryl methyl sites for hydroxylation is 1. The number of likely N-dealkylation sites (N-methyl/N-ethyl adjacent to an activating group) is 1. The van der Waals surface area contributed by atoms with E-state index in [1.807, 2.05) is 44.3 Å². The molecule has 2 aromatic rings. The lowest BCUT2D eigenvalue weighted by Crippen LogP contribution is -2.41. The Morgan fingerprint density at radius 3 is 2.62 bits per heavy atom. The highest BCUT2D eigenvalue weighted by atomic mass is 16.5. The van der Waals surface area contributed by atoms with Crippen LogP contribution < -0.4 is 0 Å². The summed E-state index contributed by atoms with van der Waals surface area (Å²) in [6.07, 6.45) is 2.40. The van der Waals surface area contributed by atoms with Crippen molar-refractivity contribution in [2.24, 2.45) is 0 Å². The van der Waals surface area contributed by atoms with E-state index in [0.29, 0.717) is 13.1 Å². The van der Waals surface area contributed by atoms with E-state index in [1.54, 1.807) is 4.90 Å². The van der Waals surface area contributed by atoms with Gasteiger partial charge in [0.25, 0.3) is 0 Å². The van der Waals surface area contributed by atoms with Crippen LogP contribution in [0, 0.1) is 6.92 Å². The van der Waals surface area contributed by atoms with Gasteiger partial charge >= 0.3 is 0 Å². The van der Waals surface area contributed by atoms with E-state index >= 15 is 0 Å². The summed E-state index contributed by atoms with van der Waals surface area (Å²) in [5.74, 6) is 1.77. The van der Waals surface area contributed by atoms with Crippen LogP contribution in [0.3, 0.4) is 0 Å². The van der Waals surface area contributed by atoms with Gasteiger partial charge < -0.3 is 14.1 Å². The molecule has 1 aromatic carbocycles. The molecule has 0 N–H and O–H groups in total. The van der Waals surface area contributed by atoms with Crippen LogP contribution in [0.15, 0.2) is 46.9 Å². The molecule has 1 aromatic heterocycles. The van der Waals surface area contributed by atoms with Gasteiger partial charge in [0, 0.05) is 26.7 Å². The minimum absolute atomic E-state index is 0.0907. The SMILES string of the molecule is Cc1ccc(CN(C)C(=O)CN(Cc2ccccc2)CC2CCCO2)o1. The van der Waals surface area contributed by atoms with Gasteiger partial charge in [-0.2, -0.15) is 0 Å². The molecule has 1 saturated heterocycles. The maximum Gasteiger partial charge on any atom is 0.236 e. The molecule has 0 radical (unpaired) electrons. The first kappa shape index (κ1) is 18.7. The lowest BCUT2D eigenvalue weighted by Gasteiger charge is -2.27. The molecular weight excluding hydrogens is 328 g/mol. The molecule has 0 bridgehead atoms. The Kier molecular flexibility index (Phi) is 6.47. The van der Waals surface area contributed by atoms with Crippen molar-refractivity contribution in [3.05, 3.63) is 59.5 Å². The van der Waals surface area contributed by atoms with Crippen LogP contribution in [0.2, 0.25) is 0 Å². The molecule has 2 heterocycles. The molecule has 140 valence electrons. The van der Waals surface area contributed by atoms with Crippen LogP contribution in [-0.4, -0.2) is 48.6 Å². The van der Waals surface area contributed by atoms with Gasteiger partial charge in [-0.3, -0.25) is 9.69 Å². The van der Waals surface area contributed by atoms with Crippen LogP contribution in [0.4, 0.5) is 0 Å². The Hall–Kier alpha value is -2.11. The Morgan fingerprint density at radius 1 is 1.15 bits per heavy atom. The first-order chi connectivity index (χ1) is 12.6. The van der Waals surface area contributed by atoms with Crippen molar-refractivity contribution in [2.45, 2.75) is 39.0 Å². The van der Waals surface area contributed by atoms with Crippen LogP contribution >= 0.6 is 0 Å². The molecular formula is C21H28N2O3. The number of benzene rings is 1. The molecule has 1 amide bonds. The maximum atomic E-state index is 12.7. The quantitative estimate of drug-likeness (QED) is 0.728. The van der Waals surface area contributed by atoms with E-state index < -0.39 is 0 Å². The summed E-state index contributed by atoms with van der Waals surface area (Å²) in [6, 6.07) is 14.1. The molecule has 0 aliphatic carbocycles. The van der Waals surface area contributed by atoms with Crippen LogP contribution in [0.1, 0.15) is 29.9 Å². The van der Waals surface area contributed by atoms with E-state index in [-0.39, 0.29) is 12.0 Å². The predicted octanol–water partition coefficient (Wildman–Crippen LogP) is 3.23. The molecule has 5 heteroatoms. The second-order valence-electron chi connectivity index (χ2n) is 7.05. The van der Waals surface area contributed by atoms with Crippen molar-refractivity contribution in [1.82, 2.24) is 9.80 Å². The van der Waals surface area contributed by atoms with Crippen molar-refractivity contribution in [3.8, 4) is 0 Å². The smallest absolute Gasteiger partial charge is 0.236 e. The number of hydrogen-bond donors (Lipinski definition) is 0. The molecule has 1 fully saturated rings. The van der Waals surface area contributed by atoms with Crippen LogP contribution in [0.25, 0.3) is 0 Å². The normalized spacial score (nSPS) is 17.0. The van der Waals surface area contributed by atoms with Gasteiger partial charge in [-0.25, -0.2) is 0 Å². The second-order valence-corrected chi connectivity index (χ2v) is 7.05. The third-order valence-corrected chi connectivity index (χ3v) is 4.71. The van der Waals surface area contributed by atoms with Crippen molar-refractivity contribution < 1.29 is 13.9 Å². The molecule has 5 nitrogen and oxygen atoms in total. The third kappa shape index (κ3) is 5.44. The number of nitrogens with zero attached hydrogens (tertiary/aromatic N) is 2. The largest absolute Gasteiger partial charge is 0.464 e. The summed E-state index contributed by atoms with van der Waals surface area (Å²) < 4.78 is 11.4. The number of carbonyl (C=O) groups excluding carboxylic acids is 1. The summed E-state index contributed by atoms with van der Waals surface area (Å²) in [7, 11) is 1.83. The Bertz CT molecular complexity index is 692. The highest BCUT2D eigenvalue weighted by Gasteiger charge is 2.22. The Balaban J connectivity index is 1.60. The van der Waals surface area contributed by atoms with Gasteiger partial charge in [-0.15, -0.1) is 0 Å². The third-order valence-electron chi connectivity index (χ3n) is 4.71. The fourth-order valence-electron chi connectivity index (χ4n) is 3.31. The number of amides is 1. The summed E-state index contributed by atoms with van der Waals surface area (Å²) in [4.78, 5) is 16.7. The maximum absolute atomic E-state index is 12.7. The zero-order valence-electron chi connectivity index (χ0n) is 15.7. The number of furan rings is 1. The van der Waals surface area contributed by atoms with Gasteiger partial charge in [0.05, 0.1) is 19.2 Å². The number of rotatable bonds is 8. The van der Waals surface area contributed by atoms with Crippen LogP contribution in [0.5, 0.6) is 0 Å². The lowest BCUT2D eigenvalue weighted by molar-refractivity contribution is -0.132. The van der Waals surface area contributed by atoms with Gasteiger partial charge in [-0.05, 0) is 37.5 Å². The van der Waals surface area contributed by atoms with Crippen LogP contribution in [-0.2, 0) is 22.6 Å². The zero-order valence-corrected chi connectivity index (χ0v) is 15.7. The molecule has 3 rings (SSSR count). The van der Waals surface area contributed by atoms with E-state index in [1.165, 1.54) is 5.56 Å². The summed E-state index contributed by atoms with van der Waals surface area (Å²) in [6.45, 7) is 5.15. The Morgan fingerprint density at radius 2 is 1.96 bits per heavy atom. The first-order valence-electron chi connectivity index (χ1n) is 9.27. The van der Waals surface area contributed by atoms with Crippen molar-refractivity contribution >= 4 is 5.91 Å². The minimum atomic E-state index is 0.0907. The average molecular weight is 356 g/mol.